The molecule has 6 nitrogen and oxygen atoms in total. The van der Waals surface area contributed by atoms with Crippen LogP contribution in [0.4, 0.5) is 22.0 Å². The van der Waals surface area contributed by atoms with Crippen molar-refractivity contribution in [2.24, 2.45) is 0 Å². The summed E-state index contributed by atoms with van der Waals surface area (Å²) in [6.07, 6.45) is -4.11. The summed E-state index contributed by atoms with van der Waals surface area (Å²) in [6.45, 7) is -3.25. The molecule has 0 aliphatic carbocycles. The van der Waals surface area contributed by atoms with Crippen molar-refractivity contribution in [3.05, 3.63) is 59.2 Å². The number of benzene rings is 2. The van der Waals surface area contributed by atoms with Crippen molar-refractivity contribution in [1.29, 1.82) is 0 Å². The van der Waals surface area contributed by atoms with Gasteiger partial charge in [0.1, 0.15) is 0 Å². The highest BCUT2D eigenvalue weighted by molar-refractivity contribution is 5.97. The van der Waals surface area contributed by atoms with Crippen molar-refractivity contribution in [2.45, 2.75) is 19.2 Å². The van der Waals surface area contributed by atoms with Gasteiger partial charge in [-0.05, 0) is 42.3 Å². The molecule has 31 heavy (non-hydrogen) atoms. The van der Waals surface area contributed by atoms with Gasteiger partial charge >= 0.3 is 12.8 Å². The number of methoxy groups -OCH3 is 1. The van der Waals surface area contributed by atoms with Crippen LogP contribution < -0.4 is 20.1 Å². The molecule has 0 saturated heterocycles. The zero-order chi connectivity index (χ0) is 23.0. The van der Waals surface area contributed by atoms with Crippen LogP contribution in [0.25, 0.3) is 0 Å². The van der Waals surface area contributed by atoms with Gasteiger partial charge in [0.2, 0.25) is 5.91 Å². The van der Waals surface area contributed by atoms with Gasteiger partial charge in [-0.1, -0.05) is 12.1 Å². The lowest BCUT2D eigenvalue weighted by Crippen LogP contribution is -2.37. The van der Waals surface area contributed by atoms with Gasteiger partial charge in [-0.25, -0.2) is 0 Å². The number of rotatable bonds is 9. The van der Waals surface area contributed by atoms with E-state index in [0.717, 1.165) is 18.2 Å². The zero-order valence-electron chi connectivity index (χ0n) is 16.3. The predicted molar refractivity (Wildman–Crippen MR) is 100 cm³/mol. The summed E-state index contributed by atoms with van der Waals surface area (Å²) < 4.78 is 71.4. The van der Waals surface area contributed by atoms with Gasteiger partial charge in [0.15, 0.2) is 11.5 Å². The average Bonchev–Trinajstić information content (AvgIpc) is 2.71. The van der Waals surface area contributed by atoms with Crippen molar-refractivity contribution >= 4 is 11.8 Å². The summed E-state index contributed by atoms with van der Waals surface area (Å²) in [5, 5.41) is 4.89. The van der Waals surface area contributed by atoms with Crippen LogP contribution >= 0.6 is 0 Å². The summed E-state index contributed by atoms with van der Waals surface area (Å²) in [5.41, 5.74) is -0.0833. The monoisotopic (exact) mass is 446 g/mol. The minimum absolute atomic E-state index is 0.0658. The second-order valence-electron chi connectivity index (χ2n) is 6.22. The fraction of sp³-hybridized carbons (Fsp3) is 0.300. The van der Waals surface area contributed by atoms with E-state index in [1.807, 2.05) is 0 Å². The van der Waals surface area contributed by atoms with Crippen LogP contribution in [0.15, 0.2) is 42.5 Å². The van der Waals surface area contributed by atoms with Crippen molar-refractivity contribution in [1.82, 2.24) is 10.6 Å². The minimum atomic E-state index is -4.41. The molecule has 0 unspecified atom stereocenters. The normalized spacial score (nSPS) is 11.2. The Morgan fingerprint density at radius 3 is 2.26 bits per heavy atom. The van der Waals surface area contributed by atoms with Gasteiger partial charge in [0.25, 0.3) is 5.91 Å². The standard InChI is InChI=1S/C20H19F5N2O4/c1-30-16-10-13(4-7-15(16)31-19(21)22)18(29)27-11-17(28)26-9-8-12-2-5-14(6-3-12)20(23,24)25/h2-7,10,19H,8-9,11H2,1H3,(H,26,28)(H,27,29). The molecule has 2 amide bonds. The number of hydrogen-bond acceptors (Lipinski definition) is 4. The van der Waals surface area contributed by atoms with Gasteiger partial charge in [-0.2, -0.15) is 22.0 Å². The van der Waals surface area contributed by atoms with Crippen LogP contribution in [0, 0.1) is 0 Å². The third kappa shape index (κ3) is 7.43. The van der Waals surface area contributed by atoms with E-state index in [9.17, 15) is 31.5 Å². The molecule has 0 radical (unpaired) electrons. The molecule has 2 aromatic rings. The van der Waals surface area contributed by atoms with E-state index in [1.54, 1.807) is 0 Å². The largest absolute Gasteiger partial charge is 0.493 e. The van der Waals surface area contributed by atoms with Gasteiger partial charge in [-0.3, -0.25) is 9.59 Å². The van der Waals surface area contributed by atoms with Crippen molar-refractivity contribution < 1.29 is 41.0 Å². The van der Waals surface area contributed by atoms with Crippen LogP contribution in [-0.2, 0) is 17.4 Å². The molecule has 168 valence electrons. The Hall–Kier alpha value is -3.37. The van der Waals surface area contributed by atoms with Crippen molar-refractivity contribution in [3.63, 3.8) is 0 Å². The molecule has 0 aliphatic rings. The molecule has 0 atom stereocenters. The highest BCUT2D eigenvalue weighted by atomic mass is 19.4. The van der Waals surface area contributed by atoms with E-state index < -0.39 is 30.2 Å². The summed E-state index contributed by atoms with van der Waals surface area (Å²) in [6, 6.07) is 8.14. The van der Waals surface area contributed by atoms with Crippen LogP contribution in [0.3, 0.4) is 0 Å². The number of hydrogen-bond donors (Lipinski definition) is 2. The Morgan fingerprint density at radius 2 is 1.68 bits per heavy atom. The summed E-state index contributed by atoms with van der Waals surface area (Å²) in [4.78, 5) is 24.0. The number of carbonyl (C=O) groups excluding carboxylic acids is 2. The van der Waals surface area contributed by atoms with Crippen molar-refractivity contribution in [2.75, 3.05) is 20.2 Å². The van der Waals surface area contributed by atoms with Gasteiger partial charge in [0, 0.05) is 12.1 Å². The Bertz CT molecular complexity index is 901. The Kier molecular flexibility index (Phi) is 8.17. The van der Waals surface area contributed by atoms with Crippen LogP contribution in [-0.4, -0.2) is 38.6 Å². The van der Waals surface area contributed by atoms with Crippen LogP contribution in [0.2, 0.25) is 0 Å². The summed E-state index contributed by atoms with van der Waals surface area (Å²) in [5.74, 6) is -1.46. The Balaban J connectivity index is 1.80. The van der Waals surface area contributed by atoms with E-state index >= 15 is 0 Å². The number of halogens is 5. The van der Waals surface area contributed by atoms with E-state index in [0.29, 0.717) is 12.0 Å². The quantitative estimate of drug-likeness (QED) is 0.579. The maximum Gasteiger partial charge on any atom is 0.416 e. The minimum Gasteiger partial charge on any atom is -0.493 e. The van der Waals surface area contributed by atoms with E-state index in [2.05, 4.69) is 15.4 Å². The molecule has 0 spiro atoms. The maximum absolute atomic E-state index is 12.5. The first-order valence-corrected chi connectivity index (χ1v) is 8.94. The third-order valence-corrected chi connectivity index (χ3v) is 4.07. The first-order chi connectivity index (χ1) is 14.6. The molecule has 2 N–H and O–H groups in total. The van der Waals surface area contributed by atoms with Gasteiger partial charge in [0.05, 0.1) is 19.2 Å². The van der Waals surface area contributed by atoms with Gasteiger partial charge < -0.3 is 20.1 Å². The molecule has 0 saturated carbocycles. The lowest BCUT2D eigenvalue weighted by atomic mass is 10.1. The number of carbonyl (C=O) groups is 2. The lowest BCUT2D eigenvalue weighted by molar-refractivity contribution is -0.137. The number of ether oxygens (including phenoxy) is 2. The molecule has 2 aromatic carbocycles. The molecule has 0 fully saturated rings. The second kappa shape index (κ2) is 10.6. The SMILES string of the molecule is COc1cc(C(=O)NCC(=O)NCCc2ccc(C(F)(F)F)cc2)ccc1OC(F)F. The lowest BCUT2D eigenvalue weighted by Gasteiger charge is -2.12. The topological polar surface area (TPSA) is 76.7 Å². The highest BCUT2D eigenvalue weighted by Gasteiger charge is 2.29. The first-order valence-electron chi connectivity index (χ1n) is 8.94. The number of nitrogens with one attached hydrogen (secondary N) is 2. The molecular formula is C20H19F5N2O4. The third-order valence-electron chi connectivity index (χ3n) is 4.07. The molecule has 0 heterocycles. The zero-order valence-corrected chi connectivity index (χ0v) is 16.3. The van der Waals surface area contributed by atoms with Crippen molar-refractivity contribution in [3.8, 4) is 11.5 Å². The van der Waals surface area contributed by atoms with Crippen LogP contribution in [0.1, 0.15) is 21.5 Å². The van der Waals surface area contributed by atoms with E-state index in [4.69, 9.17) is 4.74 Å². The molecule has 11 heteroatoms. The molecule has 0 bridgehead atoms. The number of amides is 2. The summed E-state index contributed by atoms with van der Waals surface area (Å²) in [7, 11) is 1.22. The highest BCUT2D eigenvalue weighted by Crippen LogP contribution is 2.30. The fourth-order valence-corrected chi connectivity index (χ4v) is 2.53. The Labute approximate surface area is 174 Å². The molecular weight excluding hydrogens is 427 g/mol. The van der Waals surface area contributed by atoms with Crippen LogP contribution in [0.5, 0.6) is 11.5 Å². The molecule has 0 aliphatic heterocycles. The second-order valence-corrected chi connectivity index (χ2v) is 6.22. The first kappa shape index (κ1) is 23.9. The van der Waals surface area contributed by atoms with E-state index in [1.165, 1.54) is 31.4 Å². The van der Waals surface area contributed by atoms with Gasteiger partial charge in [-0.15, -0.1) is 0 Å². The van der Waals surface area contributed by atoms with E-state index in [-0.39, 0.29) is 30.2 Å². The molecule has 2 rings (SSSR count). The summed E-state index contributed by atoms with van der Waals surface area (Å²) >= 11 is 0. The number of alkyl halides is 5. The Morgan fingerprint density at radius 1 is 1.00 bits per heavy atom. The maximum atomic E-state index is 12.5. The fourth-order valence-electron chi connectivity index (χ4n) is 2.53. The average molecular weight is 446 g/mol. The molecule has 0 aromatic heterocycles. The predicted octanol–water partition coefficient (Wildman–Crippen LogP) is 3.40. The smallest absolute Gasteiger partial charge is 0.416 e.